The number of piperazine rings is 1. The summed E-state index contributed by atoms with van der Waals surface area (Å²) in [6.07, 6.45) is 1.17. The Kier molecular flexibility index (Phi) is 6.92. The molecule has 0 aromatic carbocycles. The molecule has 1 heterocycles. The average molecular weight is 286 g/mol. The zero-order chi connectivity index (χ0) is 15.2. The van der Waals surface area contributed by atoms with Crippen LogP contribution < -0.4 is 0 Å². The molecule has 0 aromatic rings. The largest absolute Gasteiger partial charge is 0.395 e. The van der Waals surface area contributed by atoms with Gasteiger partial charge < -0.3 is 14.7 Å². The van der Waals surface area contributed by atoms with Crippen LogP contribution in [0, 0.1) is 10.8 Å². The normalized spacial score (nSPS) is 19.5. The molecule has 0 atom stereocenters. The number of aliphatic hydroxyl groups is 1. The van der Waals surface area contributed by atoms with E-state index in [-0.39, 0.29) is 12.0 Å². The summed E-state index contributed by atoms with van der Waals surface area (Å²) in [7, 11) is 1.79. The third-order valence-corrected chi connectivity index (χ3v) is 4.02. The standard InChI is InChI=1S/C16H34N2O2/c1-15(2,12-16(3,4)14-20-5)13-18-8-6-17(7-9-18)10-11-19/h19H,6-14H2,1-5H3. The molecule has 120 valence electrons. The number of methoxy groups -OCH3 is 1. The molecule has 0 bridgehead atoms. The second-order valence-electron chi connectivity index (χ2n) is 7.78. The van der Waals surface area contributed by atoms with Crippen LogP contribution >= 0.6 is 0 Å². The second kappa shape index (κ2) is 7.74. The van der Waals surface area contributed by atoms with E-state index in [1.807, 2.05) is 0 Å². The second-order valence-corrected chi connectivity index (χ2v) is 7.78. The van der Waals surface area contributed by atoms with Crippen molar-refractivity contribution in [2.75, 3.05) is 59.6 Å². The predicted octanol–water partition coefficient (Wildman–Crippen LogP) is 1.69. The molecule has 1 aliphatic rings. The zero-order valence-corrected chi connectivity index (χ0v) is 14.1. The molecule has 4 heteroatoms. The van der Waals surface area contributed by atoms with Crippen LogP contribution in [0.15, 0.2) is 0 Å². The zero-order valence-electron chi connectivity index (χ0n) is 14.1. The Hall–Kier alpha value is -0.160. The Balaban J connectivity index is 2.39. The van der Waals surface area contributed by atoms with Crippen LogP contribution in [-0.2, 0) is 4.74 Å². The van der Waals surface area contributed by atoms with Crippen molar-refractivity contribution in [3.8, 4) is 0 Å². The summed E-state index contributed by atoms with van der Waals surface area (Å²) in [6.45, 7) is 16.8. The van der Waals surface area contributed by atoms with Crippen LogP contribution in [0.3, 0.4) is 0 Å². The van der Waals surface area contributed by atoms with Gasteiger partial charge >= 0.3 is 0 Å². The van der Waals surface area contributed by atoms with Crippen molar-refractivity contribution >= 4 is 0 Å². The van der Waals surface area contributed by atoms with Gasteiger partial charge in [-0.1, -0.05) is 27.7 Å². The number of aliphatic hydroxyl groups excluding tert-OH is 1. The molecule has 1 aliphatic heterocycles. The minimum absolute atomic E-state index is 0.233. The molecule has 0 spiro atoms. The summed E-state index contributed by atoms with van der Waals surface area (Å²) >= 11 is 0. The maximum absolute atomic E-state index is 8.98. The minimum Gasteiger partial charge on any atom is -0.395 e. The molecule has 1 fully saturated rings. The van der Waals surface area contributed by atoms with Crippen LogP contribution in [0.2, 0.25) is 0 Å². The smallest absolute Gasteiger partial charge is 0.0558 e. The average Bonchev–Trinajstić information content (AvgIpc) is 2.29. The highest BCUT2D eigenvalue weighted by atomic mass is 16.5. The first kappa shape index (κ1) is 17.9. The van der Waals surface area contributed by atoms with E-state index in [4.69, 9.17) is 9.84 Å². The summed E-state index contributed by atoms with van der Waals surface area (Å²) in [5.74, 6) is 0. The van der Waals surface area contributed by atoms with E-state index in [9.17, 15) is 0 Å². The molecular weight excluding hydrogens is 252 g/mol. The summed E-state index contributed by atoms with van der Waals surface area (Å²) < 4.78 is 5.34. The highest BCUT2D eigenvalue weighted by Crippen LogP contribution is 2.34. The first-order chi connectivity index (χ1) is 9.28. The SMILES string of the molecule is COCC(C)(C)CC(C)(C)CN1CCN(CCO)CC1. The fourth-order valence-electron chi connectivity index (χ4n) is 3.71. The van der Waals surface area contributed by atoms with E-state index in [0.717, 1.165) is 45.9 Å². The molecule has 1 N–H and O–H groups in total. The van der Waals surface area contributed by atoms with Crippen molar-refractivity contribution in [3.63, 3.8) is 0 Å². The van der Waals surface area contributed by atoms with E-state index in [1.165, 1.54) is 6.42 Å². The molecule has 20 heavy (non-hydrogen) atoms. The van der Waals surface area contributed by atoms with Crippen molar-refractivity contribution in [1.29, 1.82) is 0 Å². The first-order valence-electron chi connectivity index (χ1n) is 7.82. The van der Waals surface area contributed by atoms with Crippen molar-refractivity contribution in [3.05, 3.63) is 0 Å². The Bertz CT molecular complexity index is 272. The van der Waals surface area contributed by atoms with Crippen LogP contribution in [0.4, 0.5) is 0 Å². The van der Waals surface area contributed by atoms with Gasteiger partial charge in [-0.2, -0.15) is 0 Å². The molecule has 4 nitrogen and oxygen atoms in total. The molecule has 1 saturated heterocycles. The lowest BCUT2D eigenvalue weighted by atomic mass is 9.75. The number of β-amino-alcohol motifs (C(OH)–C–C–N with tert-alkyl or cyclic N) is 1. The topological polar surface area (TPSA) is 35.9 Å². The van der Waals surface area contributed by atoms with Gasteiger partial charge in [-0.05, 0) is 17.3 Å². The fraction of sp³-hybridized carbons (Fsp3) is 1.00. The van der Waals surface area contributed by atoms with Gasteiger partial charge in [-0.3, -0.25) is 4.90 Å². The number of hydrogen-bond acceptors (Lipinski definition) is 4. The van der Waals surface area contributed by atoms with Crippen LogP contribution in [0.5, 0.6) is 0 Å². The summed E-state index contributed by atoms with van der Waals surface area (Å²) in [6, 6.07) is 0. The highest BCUT2D eigenvalue weighted by Gasteiger charge is 2.31. The van der Waals surface area contributed by atoms with Gasteiger partial charge in [0.1, 0.15) is 0 Å². The van der Waals surface area contributed by atoms with Crippen LogP contribution in [-0.4, -0.2) is 74.5 Å². The first-order valence-corrected chi connectivity index (χ1v) is 7.82. The highest BCUT2D eigenvalue weighted by molar-refractivity contribution is 4.83. The number of nitrogens with zero attached hydrogens (tertiary/aromatic N) is 2. The van der Waals surface area contributed by atoms with Gasteiger partial charge in [0.25, 0.3) is 0 Å². The lowest BCUT2D eigenvalue weighted by Gasteiger charge is -2.41. The Morgan fingerprint density at radius 3 is 2.00 bits per heavy atom. The van der Waals surface area contributed by atoms with E-state index in [2.05, 4.69) is 37.5 Å². The van der Waals surface area contributed by atoms with E-state index < -0.39 is 0 Å². The molecule has 0 radical (unpaired) electrons. The van der Waals surface area contributed by atoms with Gasteiger partial charge in [0, 0.05) is 46.4 Å². The molecule has 0 unspecified atom stereocenters. The quantitative estimate of drug-likeness (QED) is 0.736. The maximum Gasteiger partial charge on any atom is 0.0558 e. The van der Waals surface area contributed by atoms with Crippen molar-refractivity contribution < 1.29 is 9.84 Å². The van der Waals surface area contributed by atoms with Crippen molar-refractivity contribution in [2.45, 2.75) is 34.1 Å². The molecule has 0 aliphatic carbocycles. The molecule has 0 saturated carbocycles. The maximum atomic E-state index is 8.98. The minimum atomic E-state index is 0.233. The van der Waals surface area contributed by atoms with Crippen LogP contribution in [0.25, 0.3) is 0 Å². The lowest BCUT2D eigenvalue weighted by Crippen LogP contribution is -2.50. The van der Waals surface area contributed by atoms with Gasteiger partial charge in [0.15, 0.2) is 0 Å². The lowest BCUT2D eigenvalue weighted by molar-refractivity contribution is 0.0386. The van der Waals surface area contributed by atoms with Crippen molar-refractivity contribution in [2.24, 2.45) is 10.8 Å². The van der Waals surface area contributed by atoms with Gasteiger partial charge in [0.05, 0.1) is 13.2 Å². The summed E-state index contributed by atoms with van der Waals surface area (Å²) in [4.78, 5) is 4.91. The Labute approximate surface area is 125 Å². The van der Waals surface area contributed by atoms with E-state index in [1.54, 1.807) is 7.11 Å². The van der Waals surface area contributed by atoms with Gasteiger partial charge in [0.2, 0.25) is 0 Å². The Morgan fingerprint density at radius 1 is 0.950 bits per heavy atom. The fourth-order valence-corrected chi connectivity index (χ4v) is 3.71. The molecule has 0 amide bonds. The number of hydrogen-bond donors (Lipinski definition) is 1. The van der Waals surface area contributed by atoms with Gasteiger partial charge in [-0.25, -0.2) is 0 Å². The predicted molar refractivity (Wildman–Crippen MR) is 84.0 cm³/mol. The third-order valence-electron chi connectivity index (χ3n) is 4.02. The Morgan fingerprint density at radius 2 is 1.50 bits per heavy atom. The van der Waals surface area contributed by atoms with E-state index in [0.29, 0.717) is 5.41 Å². The van der Waals surface area contributed by atoms with E-state index >= 15 is 0 Å². The number of ether oxygens (including phenoxy) is 1. The monoisotopic (exact) mass is 286 g/mol. The molecular formula is C16H34N2O2. The summed E-state index contributed by atoms with van der Waals surface area (Å²) in [5, 5.41) is 8.98. The molecule has 1 rings (SSSR count). The van der Waals surface area contributed by atoms with Gasteiger partial charge in [-0.15, -0.1) is 0 Å². The molecule has 0 aromatic heterocycles. The number of rotatable bonds is 8. The summed E-state index contributed by atoms with van der Waals surface area (Å²) in [5.41, 5.74) is 0.540. The van der Waals surface area contributed by atoms with Crippen molar-refractivity contribution in [1.82, 2.24) is 9.80 Å². The third kappa shape index (κ3) is 6.53. The van der Waals surface area contributed by atoms with Crippen LogP contribution in [0.1, 0.15) is 34.1 Å².